The third-order valence-corrected chi connectivity index (χ3v) is 11.3. The van der Waals surface area contributed by atoms with Crippen LogP contribution in [0.1, 0.15) is 35.3 Å². The molecule has 1 aromatic heterocycles. The molecule has 0 spiro atoms. The number of carbonyl (C=O) groups is 7. The van der Waals surface area contributed by atoms with Crippen molar-refractivity contribution in [3.8, 4) is 11.5 Å². The Hall–Kier alpha value is -5.35. The summed E-state index contributed by atoms with van der Waals surface area (Å²) in [5.41, 5.74) is 5.15. The molecule has 8 N–H and O–H groups in total. The lowest BCUT2D eigenvalue weighted by Crippen LogP contribution is -2.68. The topological polar surface area (TPSA) is 295 Å². The molecule has 1 aliphatic carbocycles. The summed E-state index contributed by atoms with van der Waals surface area (Å²) in [6.07, 6.45) is 0.859. The molecule has 4 heterocycles. The van der Waals surface area contributed by atoms with Crippen LogP contribution < -0.4 is 16.5 Å². The second kappa shape index (κ2) is 12.5. The first-order valence-electron chi connectivity index (χ1n) is 14.5. The number of ketones is 1. The number of nitrogens with zero attached hydrogens (tertiary/aromatic N) is 5. The van der Waals surface area contributed by atoms with Gasteiger partial charge in [0, 0.05) is 24.8 Å². The lowest BCUT2D eigenvalue weighted by atomic mass is 9.80. The number of carbonyl (C=O) groups excluding carboxylic acids is 5. The lowest BCUT2D eigenvalue weighted by molar-refractivity contribution is -0.178. The number of benzene rings is 1. The first-order valence-corrected chi connectivity index (χ1v) is 16.6. The van der Waals surface area contributed by atoms with Gasteiger partial charge in [0.1, 0.15) is 17.1 Å². The molecule has 50 heavy (non-hydrogen) atoms. The fraction of sp³-hybridized carbons (Fsp3) is 0.370. The number of hydrogen-bond acceptors (Lipinski definition) is 15. The number of β-lactam (4-membered cyclic amide) rings is 1. The monoisotopic (exact) mass is 752 g/mol. The van der Waals surface area contributed by atoms with E-state index >= 15 is 0 Å². The molecular weight excluding hydrogens is 728 g/mol. The first kappa shape index (κ1) is 34.5. The van der Waals surface area contributed by atoms with Gasteiger partial charge in [0.15, 0.2) is 22.3 Å². The number of urea groups is 1. The van der Waals surface area contributed by atoms with Crippen LogP contribution >= 0.6 is 34.7 Å². The maximum absolute atomic E-state index is 13.4. The van der Waals surface area contributed by atoms with E-state index in [0.717, 1.165) is 33.3 Å². The number of phenols is 2. The van der Waals surface area contributed by atoms with Crippen LogP contribution in [0.2, 0.25) is 5.02 Å². The van der Waals surface area contributed by atoms with E-state index in [4.69, 9.17) is 22.2 Å². The summed E-state index contributed by atoms with van der Waals surface area (Å²) < 4.78 is 0. The van der Waals surface area contributed by atoms with Crippen LogP contribution in [-0.2, 0) is 28.8 Å². The van der Waals surface area contributed by atoms with Gasteiger partial charge in [-0.3, -0.25) is 29.5 Å². The van der Waals surface area contributed by atoms with E-state index in [0.29, 0.717) is 23.2 Å². The van der Waals surface area contributed by atoms with Crippen LogP contribution in [-0.4, -0.2) is 129 Å². The van der Waals surface area contributed by atoms with E-state index in [9.17, 15) is 54.0 Å². The molecule has 3 aliphatic heterocycles. The predicted octanol–water partition coefficient (Wildman–Crippen LogP) is -0.650. The zero-order valence-corrected chi connectivity index (χ0v) is 27.6. The number of aromatic hydroxyl groups is 2. The summed E-state index contributed by atoms with van der Waals surface area (Å²) in [4.78, 5) is 99.2. The number of aliphatic carboxylic acids is 2. The Labute approximate surface area is 292 Å². The number of carboxylic acid groups (broad SMARTS) is 2. The third kappa shape index (κ3) is 5.53. The van der Waals surface area contributed by atoms with Crippen molar-refractivity contribution < 1.29 is 58.8 Å². The van der Waals surface area contributed by atoms with Crippen molar-refractivity contribution in [2.45, 2.75) is 41.2 Å². The van der Waals surface area contributed by atoms with Crippen LogP contribution in [0.15, 0.2) is 22.7 Å². The van der Waals surface area contributed by atoms with Crippen LogP contribution in [0.25, 0.3) is 0 Å². The van der Waals surface area contributed by atoms with Gasteiger partial charge in [-0.15, -0.1) is 11.3 Å². The molecule has 23 heteroatoms. The fourth-order valence-corrected chi connectivity index (χ4v) is 8.02. The molecule has 2 aromatic rings. The van der Waals surface area contributed by atoms with Crippen molar-refractivity contribution in [2.24, 2.45) is 5.16 Å². The first-order chi connectivity index (χ1) is 23.6. The highest BCUT2D eigenvalue weighted by Gasteiger charge is 2.66. The molecule has 1 aromatic carbocycles. The van der Waals surface area contributed by atoms with E-state index in [2.05, 4.69) is 20.9 Å². The largest absolute Gasteiger partial charge is 0.504 e. The Morgan fingerprint density at radius 1 is 1.08 bits per heavy atom. The fourth-order valence-electron chi connectivity index (χ4n) is 5.59. The second-order valence-corrected chi connectivity index (χ2v) is 14.1. The molecule has 1 unspecified atom stereocenters. The maximum atomic E-state index is 13.4. The normalized spacial score (nSPS) is 23.9. The minimum atomic E-state index is -2.08. The summed E-state index contributed by atoms with van der Waals surface area (Å²) in [6.45, 7) is -1.02. The van der Waals surface area contributed by atoms with E-state index in [1.165, 1.54) is 5.38 Å². The van der Waals surface area contributed by atoms with Crippen molar-refractivity contribution in [3.05, 3.63) is 33.8 Å². The number of anilines is 1. The van der Waals surface area contributed by atoms with E-state index in [1.54, 1.807) is 0 Å². The molecular formula is C27H25ClN8O12S2. The molecule has 264 valence electrons. The number of carboxylic acids is 2. The average molecular weight is 753 g/mol. The highest BCUT2D eigenvalue weighted by atomic mass is 35.5. The SMILES string of the molecule is Nc1nc(/C(=N/OC2(C(=O)O)CCC2)C(=O)NC2C(=O)N3C[C@@](C(=O)O)(N4CCN(NC(=O)C(=O)c5ccc(O)c(O)c5Cl)C4=O)S[C@H]23)cs1. The molecule has 1 saturated carbocycles. The number of nitrogens with two attached hydrogens (primary N) is 1. The van der Waals surface area contributed by atoms with Gasteiger partial charge < -0.3 is 41.2 Å². The van der Waals surface area contributed by atoms with Gasteiger partial charge in [-0.1, -0.05) is 28.5 Å². The molecule has 4 fully saturated rings. The van der Waals surface area contributed by atoms with Gasteiger partial charge in [-0.2, -0.15) is 0 Å². The Morgan fingerprint density at radius 2 is 1.80 bits per heavy atom. The number of halogens is 1. The van der Waals surface area contributed by atoms with Crippen LogP contribution in [0, 0.1) is 0 Å². The molecule has 20 nitrogen and oxygen atoms in total. The number of thiazole rings is 1. The van der Waals surface area contributed by atoms with Crippen molar-refractivity contribution in [2.75, 3.05) is 25.4 Å². The summed E-state index contributed by atoms with van der Waals surface area (Å²) in [5, 5.41) is 46.1. The number of hydrogen-bond donors (Lipinski definition) is 7. The standard InChI is InChI=1S/C27H25ClN8O12S2/c28-13-10(2-3-12(37)17(13)39)16(38)19(41)32-36-7-6-35(25(36)47)27(23(45)46)9-34-20(42)15(21(34)50-27)31-18(40)14(11-8-49-24(29)30-11)33-48-26(22(43)44)4-1-5-26/h2-3,8,15,21,37,39H,1,4-7,9H2,(H2,29,30)(H,31,40)(H,32,41)(H,43,44)(H,45,46)/b33-14-/t15?,21-,27-/m1/s1. The molecule has 6 rings (SSSR count). The number of nitrogens with one attached hydrogen (secondary N) is 2. The molecule has 0 radical (unpaired) electrons. The number of nitrogen functional groups attached to an aromatic ring is 1. The Balaban J connectivity index is 1.16. The van der Waals surface area contributed by atoms with Gasteiger partial charge in [0.05, 0.1) is 23.7 Å². The Bertz CT molecular complexity index is 1900. The van der Waals surface area contributed by atoms with E-state index in [1.807, 2.05) is 0 Å². The number of oxime groups is 1. The molecule has 3 saturated heterocycles. The number of rotatable bonds is 11. The smallest absolute Gasteiger partial charge is 0.350 e. The van der Waals surface area contributed by atoms with E-state index in [-0.39, 0.29) is 36.8 Å². The van der Waals surface area contributed by atoms with Gasteiger partial charge in [-0.25, -0.2) is 24.4 Å². The quantitative estimate of drug-likeness (QED) is 0.0375. The summed E-state index contributed by atoms with van der Waals surface area (Å²) in [6, 6.07) is -0.409. The summed E-state index contributed by atoms with van der Waals surface area (Å²) in [7, 11) is 0. The second-order valence-electron chi connectivity index (χ2n) is 11.4. The van der Waals surface area contributed by atoms with Crippen LogP contribution in [0.5, 0.6) is 11.5 Å². The number of aromatic nitrogens is 1. The van der Waals surface area contributed by atoms with Crippen LogP contribution in [0.3, 0.4) is 0 Å². The third-order valence-electron chi connectivity index (χ3n) is 8.53. The molecule has 0 bridgehead atoms. The lowest BCUT2D eigenvalue weighted by Gasteiger charge is -2.41. The number of fused-ring (bicyclic) bond motifs is 1. The zero-order chi connectivity index (χ0) is 36.3. The Kier molecular flexibility index (Phi) is 8.64. The minimum absolute atomic E-state index is 0.0554. The number of phenolic OH excluding ortho intramolecular Hbond substituents is 2. The number of amides is 5. The van der Waals surface area contributed by atoms with Gasteiger partial charge >= 0.3 is 23.9 Å². The van der Waals surface area contributed by atoms with Gasteiger partial charge in [-0.05, 0) is 18.6 Å². The summed E-state index contributed by atoms with van der Waals surface area (Å²) in [5.74, 6) is -8.56. The van der Waals surface area contributed by atoms with Crippen molar-refractivity contribution in [3.63, 3.8) is 0 Å². The van der Waals surface area contributed by atoms with Crippen LogP contribution in [0.4, 0.5) is 9.93 Å². The highest BCUT2D eigenvalue weighted by Crippen LogP contribution is 2.49. The molecule has 3 atom stereocenters. The van der Waals surface area contributed by atoms with E-state index < -0.39 is 97.7 Å². The predicted molar refractivity (Wildman–Crippen MR) is 170 cm³/mol. The van der Waals surface area contributed by atoms with Crippen molar-refractivity contribution in [1.82, 2.24) is 30.5 Å². The maximum Gasteiger partial charge on any atom is 0.350 e. The highest BCUT2D eigenvalue weighted by molar-refractivity contribution is 8.02. The minimum Gasteiger partial charge on any atom is -0.504 e. The average Bonchev–Trinajstić information content (AvgIpc) is 3.75. The number of hydrazine groups is 1. The van der Waals surface area contributed by atoms with Gasteiger partial charge in [0.25, 0.3) is 11.7 Å². The Morgan fingerprint density at radius 3 is 2.40 bits per heavy atom. The number of thioether (sulfide) groups is 1. The van der Waals surface area contributed by atoms with Crippen molar-refractivity contribution in [1.29, 1.82) is 0 Å². The molecule has 5 amide bonds. The zero-order valence-electron chi connectivity index (χ0n) is 25.2. The van der Waals surface area contributed by atoms with Crippen molar-refractivity contribution >= 4 is 87.0 Å². The van der Waals surface area contributed by atoms with Gasteiger partial charge in [0.2, 0.25) is 16.4 Å². The summed E-state index contributed by atoms with van der Waals surface area (Å²) >= 11 is 7.52. The number of Topliss-reactive ketones (excluding diaryl/α,β-unsaturated/α-hetero) is 1. The molecule has 4 aliphatic rings.